The molecule has 3 aromatic heterocycles. The van der Waals surface area contributed by atoms with Crippen LogP contribution in [0.2, 0.25) is 5.02 Å². The summed E-state index contributed by atoms with van der Waals surface area (Å²) in [6.45, 7) is 1.96. The first-order valence-electron chi connectivity index (χ1n) is 9.85. The van der Waals surface area contributed by atoms with Crippen LogP contribution in [0.15, 0.2) is 49.2 Å². The molecule has 0 aliphatic carbocycles. The molecule has 2 aliphatic rings. The minimum Gasteiger partial charge on any atom is -0.419 e. The lowest BCUT2D eigenvalue weighted by Crippen LogP contribution is -2.50. The molecule has 0 bridgehead atoms. The van der Waals surface area contributed by atoms with Gasteiger partial charge in [-0.25, -0.2) is 29.6 Å². The highest BCUT2D eigenvalue weighted by Crippen LogP contribution is 2.35. The number of hydrogen-bond acceptors (Lipinski definition) is 9. The second-order valence-electron chi connectivity index (χ2n) is 7.06. The van der Waals surface area contributed by atoms with Crippen molar-refractivity contribution in [2.75, 3.05) is 36.0 Å². The predicted molar refractivity (Wildman–Crippen MR) is 113 cm³/mol. The Balaban J connectivity index is 1.34. The van der Waals surface area contributed by atoms with Gasteiger partial charge in [0.25, 0.3) is 5.91 Å². The minimum absolute atomic E-state index is 0.119. The first-order valence-corrected chi connectivity index (χ1v) is 10.2. The molecule has 3 aromatic rings. The minimum atomic E-state index is -1.08. The van der Waals surface area contributed by atoms with Gasteiger partial charge in [0.1, 0.15) is 11.5 Å². The van der Waals surface area contributed by atoms with Crippen LogP contribution in [-0.4, -0.2) is 68.0 Å². The van der Waals surface area contributed by atoms with Crippen LogP contribution in [0.25, 0.3) is 0 Å². The average Bonchev–Trinajstić information content (AvgIpc) is 3.12. The first kappa shape index (κ1) is 20.1. The zero-order chi connectivity index (χ0) is 22.1. The highest BCUT2D eigenvalue weighted by molar-refractivity contribution is 6.30. The molecular formula is C20H17ClN8O3. The number of halogens is 1. The topological polar surface area (TPSA) is 118 Å². The van der Waals surface area contributed by atoms with Gasteiger partial charge in [-0.05, 0) is 18.2 Å². The summed E-state index contributed by atoms with van der Waals surface area (Å²) in [5.41, 5.74) is 0.381. The molecule has 1 atom stereocenters. The fourth-order valence-electron chi connectivity index (χ4n) is 3.59. The Morgan fingerprint density at radius 1 is 0.969 bits per heavy atom. The number of rotatable bonds is 3. The van der Waals surface area contributed by atoms with Gasteiger partial charge in [0.2, 0.25) is 12.2 Å². The second kappa shape index (κ2) is 8.35. The number of anilines is 2. The number of nitrogens with zero attached hydrogens (tertiary/aromatic N) is 8. The SMILES string of the molecule is O=C(OC1c2nccnc2C(=O)N1c1ccc(Cl)cn1)N1CCN(c2ncccn2)CC1. The third kappa shape index (κ3) is 3.66. The van der Waals surface area contributed by atoms with E-state index in [0.717, 1.165) is 0 Å². The number of ether oxygens (including phenoxy) is 1. The molecule has 162 valence electrons. The number of piperazine rings is 1. The largest absolute Gasteiger partial charge is 0.419 e. The summed E-state index contributed by atoms with van der Waals surface area (Å²) in [5.74, 6) is 0.445. The molecule has 0 radical (unpaired) electrons. The van der Waals surface area contributed by atoms with E-state index >= 15 is 0 Å². The second-order valence-corrected chi connectivity index (χ2v) is 7.50. The Labute approximate surface area is 187 Å². The van der Waals surface area contributed by atoms with Gasteiger partial charge in [-0.15, -0.1) is 0 Å². The van der Waals surface area contributed by atoms with E-state index in [4.69, 9.17) is 16.3 Å². The van der Waals surface area contributed by atoms with E-state index < -0.39 is 18.2 Å². The van der Waals surface area contributed by atoms with Crippen molar-refractivity contribution in [2.45, 2.75) is 6.23 Å². The molecule has 2 amide bonds. The van der Waals surface area contributed by atoms with Crippen LogP contribution in [0.3, 0.4) is 0 Å². The van der Waals surface area contributed by atoms with Crippen molar-refractivity contribution >= 4 is 35.4 Å². The third-order valence-corrected chi connectivity index (χ3v) is 5.38. The zero-order valence-electron chi connectivity index (χ0n) is 16.7. The van der Waals surface area contributed by atoms with Crippen molar-refractivity contribution in [2.24, 2.45) is 0 Å². The van der Waals surface area contributed by atoms with Gasteiger partial charge in [-0.1, -0.05) is 11.6 Å². The van der Waals surface area contributed by atoms with Crippen LogP contribution in [0.5, 0.6) is 0 Å². The van der Waals surface area contributed by atoms with E-state index in [1.807, 2.05) is 4.90 Å². The van der Waals surface area contributed by atoms with Crippen molar-refractivity contribution in [1.29, 1.82) is 0 Å². The van der Waals surface area contributed by atoms with Gasteiger partial charge >= 0.3 is 6.09 Å². The molecule has 5 rings (SSSR count). The molecule has 1 unspecified atom stereocenters. The number of hydrogen-bond donors (Lipinski definition) is 0. The maximum atomic E-state index is 13.0. The molecule has 2 aliphatic heterocycles. The monoisotopic (exact) mass is 452 g/mol. The highest BCUT2D eigenvalue weighted by Gasteiger charge is 2.44. The summed E-state index contributed by atoms with van der Waals surface area (Å²) < 4.78 is 5.75. The van der Waals surface area contributed by atoms with E-state index in [0.29, 0.717) is 37.1 Å². The third-order valence-electron chi connectivity index (χ3n) is 5.16. The molecule has 0 saturated carbocycles. The number of aromatic nitrogens is 5. The molecule has 0 N–H and O–H groups in total. The Kier molecular flexibility index (Phi) is 5.23. The van der Waals surface area contributed by atoms with Crippen molar-refractivity contribution in [3.63, 3.8) is 0 Å². The quantitative estimate of drug-likeness (QED) is 0.587. The van der Waals surface area contributed by atoms with Crippen LogP contribution < -0.4 is 9.80 Å². The number of pyridine rings is 1. The summed E-state index contributed by atoms with van der Waals surface area (Å²) in [5, 5.41) is 0.419. The van der Waals surface area contributed by atoms with E-state index in [1.54, 1.807) is 35.5 Å². The molecule has 0 spiro atoms. The lowest BCUT2D eigenvalue weighted by atomic mass is 10.3. The number of fused-ring (bicyclic) bond motifs is 1. The van der Waals surface area contributed by atoms with Gasteiger partial charge in [0, 0.05) is 57.2 Å². The van der Waals surface area contributed by atoms with Gasteiger partial charge in [-0.3, -0.25) is 9.78 Å². The number of carbonyl (C=O) groups is 2. The van der Waals surface area contributed by atoms with E-state index in [-0.39, 0.29) is 17.2 Å². The number of amides is 2. The molecule has 1 saturated heterocycles. The highest BCUT2D eigenvalue weighted by atomic mass is 35.5. The normalized spacial score (nSPS) is 18.0. The fraction of sp³-hybridized carbons (Fsp3) is 0.250. The summed E-state index contributed by atoms with van der Waals surface area (Å²) in [6.07, 6.45) is 5.99. The van der Waals surface area contributed by atoms with Gasteiger partial charge < -0.3 is 14.5 Å². The first-order chi connectivity index (χ1) is 15.6. The van der Waals surface area contributed by atoms with Crippen LogP contribution in [0, 0.1) is 0 Å². The van der Waals surface area contributed by atoms with Crippen molar-refractivity contribution in [3.8, 4) is 0 Å². The summed E-state index contributed by atoms with van der Waals surface area (Å²) in [4.78, 5) is 51.8. The molecule has 1 fully saturated rings. The van der Waals surface area contributed by atoms with Crippen molar-refractivity contribution < 1.29 is 14.3 Å². The lowest BCUT2D eigenvalue weighted by Gasteiger charge is -2.35. The summed E-state index contributed by atoms with van der Waals surface area (Å²) in [7, 11) is 0. The fourth-order valence-corrected chi connectivity index (χ4v) is 3.71. The Bertz CT molecular complexity index is 1140. The number of carbonyl (C=O) groups excluding carboxylic acids is 2. The Morgan fingerprint density at radius 3 is 2.44 bits per heavy atom. The molecule has 32 heavy (non-hydrogen) atoms. The standard InChI is InChI=1S/C20H17ClN8O3/c21-13-2-3-14(26-12-13)29-17(30)15-16(23-7-6-22-15)18(29)32-20(31)28-10-8-27(9-11-28)19-24-4-1-5-25-19/h1-7,12,18H,8-11H2. The smallest absolute Gasteiger partial charge is 0.412 e. The van der Waals surface area contributed by atoms with Crippen molar-refractivity contribution in [1.82, 2.24) is 29.8 Å². The van der Waals surface area contributed by atoms with Crippen molar-refractivity contribution in [3.05, 3.63) is 65.6 Å². The maximum Gasteiger partial charge on any atom is 0.412 e. The average molecular weight is 453 g/mol. The molecule has 5 heterocycles. The molecule has 0 aromatic carbocycles. The van der Waals surface area contributed by atoms with Crippen LogP contribution in [-0.2, 0) is 4.74 Å². The van der Waals surface area contributed by atoms with E-state index in [2.05, 4.69) is 24.9 Å². The summed E-state index contributed by atoms with van der Waals surface area (Å²) in [6, 6.07) is 4.93. The van der Waals surface area contributed by atoms with Crippen LogP contribution in [0.4, 0.5) is 16.6 Å². The molecular weight excluding hydrogens is 436 g/mol. The van der Waals surface area contributed by atoms with Crippen LogP contribution >= 0.6 is 11.6 Å². The Hall–Kier alpha value is -3.86. The lowest BCUT2D eigenvalue weighted by molar-refractivity contribution is 0.0578. The molecule has 11 nitrogen and oxygen atoms in total. The zero-order valence-corrected chi connectivity index (χ0v) is 17.5. The summed E-state index contributed by atoms with van der Waals surface area (Å²) >= 11 is 5.93. The van der Waals surface area contributed by atoms with E-state index in [9.17, 15) is 9.59 Å². The Morgan fingerprint density at radius 2 is 1.72 bits per heavy atom. The van der Waals surface area contributed by atoms with Gasteiger partial charge in [0.15, 0.2) is 5.69 Å². The van der Waals surface area contributed by atoms with Gasteiger partial charge in [0.05, 0.1) is 5.02 Å². The van der Waals surface area contributed by atoms with E-state index in [1.165, 1.54) is 23.5 Å². The predicted octanol–water partition coefficient (Wildman–Crippen LogP) is 1.93. The van der Waals surface area contributed by atoms with Gasteiger partial charge in [-0.2, -0.15) is 0 Å². The van der Waals surface area contributed by atoms with Crippen LogP contribution in [0.1, 0.15) is 22.4 Å². The molecule has 12 heteroatoms. The maximum absolute atomic E-state index is 13.0.